The first-order valence-corrected chi connectivity index (χ1v) is 12.5. The zero-order valence-electron chi connectivity index (χ0n) is 19.7. The first kappa shape index (κ1) is 30.7. The van der Waals surface area contributed by atoms with Crippen LogP contribution in [-0.4, -0.2) is 45.8 Å². The van der Waals surface area contributed by atoms with Gasteiger partial charge in [-0.15, -0.1) is 0 Å². The van der Waals surface area contributed by atoms with Crippen LogP contribution >= 0.6 is 0 Å². The summed E-state index contributed by atoms with van der Waals surface area (Å²) in [6, 6.07) is 0. The number of allylic oxidation sites excluding steroid dienone is 2. The molecule has 0 amide bonds. The molecule has 0 aromatic rings. The molecule has 0 fully saturated rings. The minimum Gasteiger partial charge on any atom is -0.330 e. The van der Waals surface area contributed by atoms with E-state index >= 15 is 0 Å². The third-order valence-corrected chi connectivity index (χ3v) is 4.84. The summed E-state index contributed by atoms with van der Waals surface area (Å²) in [6.45, 7) is 8.28. The van der Waals surface area contributed by atoms with E-state index in [-0.39, 0.29) is 0 Å². The van der Waals surface area contributed by atoms with Gasteiger partial charge in [-0.25, -0.2) is 0 Å². The maximum absolute atomic E-state index is 5.47. The fraction of sp³-hybridized carbons (Fsp3) is 0.917. The molecule has 5 nitrogen and oxygen atoms in total. The maximum atomic E-state index is 5.47. The van der Waals surface area contributed by atoms with Crippen LogP contribution in [0.2, 0.25) is 0 Å². The molecule has 0 rings (SSSR count). The van der Waals surface area contributed by atoms with Gasteiger partial charge < -0.3 is 27.8 Å². The Kier molecular flexibility index (Phi) is 34.1. The van der Waals surface area contributed by atoms with E-state index < -0.39 is 0 Å². The highest BCUT2D eigenvalue weighted by atomic mass is 14.9. The van der Waals surface area contributed by atoms with Crippen LogP contribution in [0.1, 0.15) is 96.8 Å². The fourth-order valence-corrected chi connectivity index (χ4v) is 3.02. The average Bonchev–Trinajstić information content (AvgIpc) is 2.74. The van der Waals surface area contributed by atoms with Crippen LogP contribution in [-0.2, 0) is 0 Å². The van der Waals surface area contributed by atoms with Crippen molar-refractivity contribution in [3.8, 4) is 0 Å². The second-order valence-electron chi connectivity index (χ2n) is 7.80. The van der Waals surface area contributed by atoms with Gasteiger partial charge in [0.15, 0.2) is 0 Å². The van der Waals surface area contributed by atoms with E-state index in [0.29, 0.717) is 13.1 Å². The summed E-state index contributed by atoms with van der Waals surface area (Å²) in [5.74, 6) is 0. The lowest BCUT2D eigenvalue weighted by molar-refractivity contribution is 0.599. The first-order chi connectivity index (χ1) is 14.3. The quantitative estimate of drug-likeness (QED) is 0.136. The minimum absolute atomic E-state index is 0.705. The van der Waals surface area contributed by atoms with Crippen LogP contribution in [0.4, 0.5) is 0 Å². The predicted molar refractivity (Wildman–Crippen MR) is 132 cm³/mol. The molecule has 0 saturated carbocycles. The number of rotatable bonds is 22. The normalized spacial score (nSPS) is 11.0. The van der Waals surface area contributed by atoms with Gasteiger partial charge in [-0.3, -0.25) is 0 Å². The summed E-state index contributed by atoms with van der Waals surface area (Å²) in [6.07, 6.45) is 23.9. The van der Waals surface area contributed by atoms with Gasteiger partial charge in [0.05, 0.1) is 0 Å². The number of unbranched alkanes of at least 4 members (excludes halogenated alkanes) is 12. The molecule has 0 aliphatic carbocycles. The Balaban J connectivity index is 0. The van der Waals surface area contributed by atoms with E-state index in [1.807, 2.05) is 0 Å². The van der Waals surface area contributed by atoms with Crippen LogP contribution < -0.4 is 27.8 Å². The van der Waals surface area contributed by atoms with Crippen molar-refractivity contribution in [1.82, 2.24) is 10.6 Å². The van der Waals surface area contributed by atoms with Crippen molar-refractivity contribution in [2.75, 3.05) is 45.8 Å². The molecule has 176 valence electrons. The summed E-state index contributed by atoms with van der Waals surface area (Å²) in [7, 11) is 0. The molecule has 0 aliphatic rings. The lowest BCUT2D eigenvalue weighted by Crippen LogP contribution is -2.32. The molecule has 0 unspecified atom stereocenters. The van der Waals surface area contributed by atoms with Gasteiger partial charge in [-0.05, 0) is 38.6 Å². The third-order valence-electron chi connectivity index (χ3n) is 4.84. The highest BCUT2D eigenvalue weighted by Crippen LogP contribution is 2.09. The standard InChI is InChI=1S/C18H37N.C6H18N4/c1-2-3-4-5-6-7-8-9-10-11-12-13-14-15-16-17-18-19;7-1-3-9-5-6-10-4-2-8/h9-10H,2-8,11-19H2,1H3;9-10H,1-8H2/b10-9-;. The van der Waals surface area contributed by atoms with Crippen LogP contribution in [0, 0.1) is 0 Å². The van der Waals surface area contributed by atoms with Crippen molar-refractivity contribution in [3.63, 3.8) is 0 Å². The highest BCUT2D eigenvalue weighted by Gasteiger charge is 1.90. The van der Waals surface area contributed by atoms with E-state index in [1.54, 1.807) is 0 Å². The van der Waals surface area contributed by atoms with Gasteiger partial charge in [-0.1, -0.05) is 76.9 Å². The van der Waals surface area contributed by atoms with Crippen LogP contribution in [0.5, 0.6) is 0 Å². The fourth-order valence-electron chi connectivity index (χ4n) is 3.02. The average molecular weight is 414 g/mol. The second kappa shape index (κ2) is 32.2. The Morgan fingerprint density at radius 1 is 0.483 bits per heavy atom. The molecular weight excluding hydrogens is 358 g/mol. The number of hydrogen-bond acceptors (Lipinski definition) is 5. The molecule has 5 heteroatoms. The van der Waals surface area contributed by atoms with Gasteiger partial charge in [0.2, 0.25) is 0 Å². The minimum atomic E-state index is 0.705. The van der Waals surface area contributed by atoms with Crippen molar-refractivity contribution in [2.45, 2.75) is 96.8 Å². The zero-order chi connectivity index (χ0) is 21.7. The Morgan fingerprint density at radius 3 is 1.31 bits per heavy atom. The molecule has 0 saturated heterocycles. The van der Waals surface area contributed by atoms with Gasteiger partial charge in [0.1, 0.15) is 0 Å². The number of hydrogen-bond donors (Lipinski definition) is 5. The molecule has 29 heavy (non-hydrogen) atoms. The van der Waals surface area contributed by atoms with Gasteiger partial charge in [-0.2, -0.15) is 0 Å². The van der Waals surface area contributed by atoms with E-state index in [1.165, 1.54) is 89.9 Å². The second-order valence-corrected chi connectivity index (χ2v) is 7.80. The van der Waals surface area contributed by atoms with Crippen LogP contribution in [0.15, 0.2) is 12.2 Å². The summed E-state index contributed by atoms with van der Waals surface area (Å²) in [5, 5.41) is 6.33. The van der Waals surface area contributed by atoms with Gasteiger partial charge >= 0.3 is 0 Å². The molecule has 0 heterocycles. The Labute approximate surface area is 183 Å². The Morgan fingerprint density at radius 2 is 0.897 bits per heavy atom. The maximum Gasteiger partial charge on any atom is 0.00772 e. The van der Waals surface area contributed by atoms with Crippen LogP contribution in [0.3, 0.4) is 0 Å². The highest BCUT2D eigenvalue weighted by molar-refractivity contribution is 4.81. The Hall–Kier alpha value is -0.460. The number of nitrogens with two attached hydrogens (primary N) is 3. The summed E-state index contributed by atoms with van der Waals surface area (Å²) in [4.78, 5) is 0. The molecule has 0 aliphatic heterocycles. The monoisotopic (exact) mass is 413 g/mol. The summed E-state index contributed by atoms with van der Waals surface area (Å²) >= 11 is 0. The van der Waals surface area contributed by atoms with E-state index in [4.69, 9.17) is 17.2 Å². The molecule has 0 bridgehead atoms. The Bertz CT molecular complexity index is 276. The van der Waals surface area contributed by atoms with Crippen LogP contribution in [0.25, 0.3) is 0 Å². The summed E-state index contributed by atoms with van der Waals surface area (Å²) in [5.41, 5.74) is 16.0. The molecule has 0 atom stereocenters. The third kappa shape index (κ3) is 35.4. The molecule has 0 radical (unpaired) electrons. The van der Waals surface area contributed by atoms with E-state index in [2.05, 4.69) is 29.7 Å². The van der Waals surface area contributed by atoms with Crippen molar-refractivity contribution < 1.29 is 0 Å². The smallest absolute Gasteiger partial charge is 0.00772 e. The largest absolute Gasteiger partial charge is 0.330 e. The molecular formula is C24H55N5. The van der Waals surface area contributed by atoms with E-state index in [9.17, 15) is 0 Å². The predicted octanol–water partition coefficient (Wildman–Crippen LogP) is 4.07. The van der Waals surface area contributed by atoms with Gasteiger partial charge in [0.25, 0.3) is 0 Å². The molecule has 0 spiro atoms. The van der Waals surface area contributed by atoms with Crippen molar-refractivity contribution in [3.05, 3.63) is 12.2 Å². The van der Waals surface area contributed by atoms with Crippen molar-refractivity contribution in [2.24, 2.45) is 17.2 Å². The van der Waals surface area contributed by atoms with Crippen molar-refractivity contribution in [1.29, 1.82) is 0 Å². The lowest BCUT2D eigenvalue weighted by Gasteiger charge is -2.03. The lowest BCUT2D eigenvalue weighted by atomic mass is 10.1. The molecule has 0 aromatic carbocycles. The van der Waals surface area contributed by atoms with Gasteiger partial charge in [0, 0.05) is 39.3 Å². The first-order valence-electron chi connectivity index (χ1n) is 12.5. The SMILES string of the molecule is CCCCCCCC/C=C\CCCCCCCCN.NCCNCCNCCN. The van der Waals surface area contributed by atoms with E-state index in [0.717, 1.165) is 32.7 Å². The number of nitrogens with one attached hydrogen (secondary N) is 2. The topological polar surface area (TPSA) is 102 Å². The zero-order valence-corrected chi connectivity index (χ0v) is 19.7. The van der Waals surface area contributed by atoms with Crippen molar-refractivity contribution >= 4 is 0 Å². The summed E-state index contributed by atoms with van der Waals surface area (Å²) < 4.78 is 0. The molecule has 0 aromatic heterocycles. The molecule has 8 N–H and O–H groups in total.